The van der Waals surface area contributed by atoms with Crippen LogP contribution in [0.3, 0.4) is 0 Å². The lowest BCUT2D eigenvalue weighted by Crippen LogP contribution is -2.52. The van der Waals surface area contributed by atoms with E-state index in [1.54, 1.807) is 0 Å². The Balaban J connectivity index is 1.59. The Morgan fingerprint density at radius 3 is 2.57 bits per heavy atom. The predicted molar refractivity (Wildman–Crippen MR) is 80.0 cm³/mol. The minimum Gasteiger partial charge on any atom is -0.454 e. The lowest BCUT2D eigenvalue weighted by Gasteiger charge is -2.36. The van der Waals surface area contributed by atoms with Gasteiger partial charge in [-0.1, -0.05) is 0 Å². The molecule has 0 spiro atoms. The molecule has 3 rings (SSSR count). The predicted octanol–water partition coefficient (Wildman–Crippen LogP) is 1.66. The number of anilines is 1. The average Bonchev–Trinajstić information content (AvgIpc) is 2.94. The maximum Gasteiger partial charge on any atom is 0.317 e. The highest BCUT2D eigenvalue weighted by Crippen LogP contribution is 2.35. The molecule has 1 aromatic rings. The van der Waals surface area contributed by atoms with Gasteiger partial charge in [0.05, 0.1) is 0 Å². The molecule has 6 heteroatoms. The summed E-state index contributed by atoms with van der Waals surface area (Å²) in [5.74, 6) is 1.60. The number of urea groups is 1. The fourth-order valence-corrected chi connectivity index (χ4v) is 2.59. The van der Waals surface area contributed by atoms with Crippen molar-refractivity contribution < 1.29 is 14.3 Å². The number of piperazine rings is 1. The van der Waals surface area contributed by atoms with Crippen LogP contribution in [0.25, 0.3) is 0 Å². The van der Waals surface area contributed by atoms with E-state index in [-0.39, 0.29) is 12.1 Å². The third-order valence-corrected chi connectivity index (χ3v) is 3.70. The summed E-state index contributed by atoms with van der Waals surface area (Å²) in [4.78, 5) is 16.1. The van der Waals surface area contributed by atoms with Crippen molar-refractivity contribution in [2.75, 3.05) is 37.9 Å². The number of rotatable bonds is 2. The van der Waals surface area contributed by atoms with Crippen molar-refractivity contribution in [3.05, 3.63) is 18.2 Å². The first-order valence-corrected chi connectivity index (χ1v) is 7.33. The van der Waals surface area contributed by atoms with E-state index in [4.69, 9.17) is 9.47 Å². The van der Waals surface area contributed by atoms with Crippen LogP contribution in [0.1, 0.15) is 13.8 Å². The molecule has 0 bridgehead atoms. The van der Waals surface area contributed by atoms with Crippen molar-refractivity contribution in [1.82, 2.24) is 10.2 Å². The topological polar surface area (TPSA) is 54.0 Å². The molecule has 2 aliphatic heterocycles. The molecule has 6 nitrogen and oxygen atoms in total. The van der Waals surface area contributed by atoms with E-state index in [1.165, 1.54) is 0 Å². The van der Waals surface area contributed by atoms with E-state index in [0.717, 1.165) is 43.4 Å². The van der Waals surface area contributed by atoms with Crippen LogP contribution in [-0.4, -0.2) is 49.9 Å². The summed E-state index contributed by atoms with van der Waals surface area (Å²) in [7, 11) is 0. The maximum absolute atomic E-state index is 12.0. The van der Waals surface area contributed by atoms with Gasteiger partial charge in [-0.05, 0) is 26.0 Å². The monoisotopic (exact) mass is 291 g/mol. The minimum absolute atomic E-state index is 0.0235. The molecule has 0 radical (unpaired) electrons. The molecule has 2 heterocycles. The van der Waals surface area contributed by atoms with Gasteiger partial charge in [0.1, 0.15) is 0 Å². The second-order valence-electron chi connectivity index (χ2n) is 5.62. The molecule has 21 heavy (non-hydrogen) atoms. The molecule has 1 fully saturated rings. The molecule has 0 aromatic heterocycles. The SMILES string of the molecule is CC(C)NC(=O)N1CCN(c2ccc3c(c2)OCO3)CC1. The van der Waals surface area contributed by atoms with Crippen molar-refractivity contribution in [2.45, 2.75) is 19.9 Å². The first-order valence-electron chi connectivity index (χ1n) is 7.33. The Hall–Kier alpha value is -2.11. The van der Waals surface area contributed by atoms with Crippen molar-refractivity contribution in [3.63, 3.8) is 0 Å². The third-order valence-electron chi connectivity index (χ3n) is 3.70. The van der Waals surface area contributed by atoms with Crippen LogP contribution in [0.2, 0.25) is 0 Å². The van der Waals surface area contributed by atoms with Gasteiger partial charge in [-0.3, -0.25) is 0 Å². The quantitative estimate of drug-likeness (QED) is 0.900. The number of carbonyl (C=O) groups is 1. The summed E-state index contributed by atoms with van der Waals surface area (Å²) < 4.78 is 10.7. The van der Waals surface area contributed by atoms with E-state index in [1.807, 2.05) is 36.9 Å². The van der Waals surface area contributed by atoms with Gasteiger partial charge >= 0.3 is 6.03 Å². The van der Waals surface area contributed by atoms with E-state index in [9.17, 15) is 4.79 Å². The highest BCUT2D eigenvalue weighted by molar-refractivity contribution is 5.74. The fourth-order valence-electron chi connectivity index (χ4n) is 2.59. The molecule has 0 unspecified atom stereocenters. The van der Waals surface area contributed by atoms with Crippen LogP contribution in [0, 0.1) is 0 Å². The van der Waals surface area contributed by atoms with Crippen molar-refractivity contribution >= 4 is 11.7 Å². The largest absolute Gasteiger partial charge is 0.454 e. The number of nitrogens with one attached hydrogen (secondary N) is 1. The van der Waals surface area contributed by atoms with Gasteiger partial charge in [0.25, 0.3) is 0 Å². The highest BCUT2D eigenvalue weighted by atomic mass is 16.7. The Kier molecular flexibility index (Phi) is 3.77. The summed E-state index contributed by atoms with van der Waals surface area (Å²) in [6, 6.07) is 6.18. The van der Waals surface area contributed by atoms with Crippen LogP contribution in [-0.2, 0) is 0 Å². The van der Waals surface area contributed by atoms with Gasteiger partial charge in [-0.25, -0.2) is 4.79 Å². The molecule has 114 valence electrons. The summed E-state index contributed by atoms with van der Waals surface area (Å²) >= 11 is 0. The summed E-state index contributed by atoms with van der Waals surface area (Å²) in [6.45, 7) is 7.35. The molecule has 0 aliphatic carbocycles. The van der Waals surface area contributed by atoms with Crippen LogP contribution >= 0.6 is 0 Å². The molecule has 1 N–H and O–H groups in total. The van der Waals surface area contributed by atoms with Gasteiger partial charge in [0.15, 0.2) is 11.5 Å². The van der Waals surface area contributed by atoms with E-state index in [2.05, 4.69) is 10.2 Å². The molecular weight excluding hydrogens is 270 g/mol. The summed E-state index contributed by atoms with van der Waals surface area (Å²) in [5.41, 5.74) is 1.11. The summed E-state index contributed by atoms with van der Waals surface area (Å²) in [5, 5.41) is 2.93. The first-order chi connectivity index (χ1) is 10.1. The lowest BCUT2D eigenvalue weighted by molar-refractivity contribution is 0.174. The summed E-state index contributed by atoms with van der Waals surface area (Å²) in [6.07, 6.45) is 0. The van der Waals surface area contributed by atoms with Crippen LogP contribution in [0.15, 0.2) is 18.2 Å². The van der Waals surface area contributed by atoms with E-state index >= 15 is 0 Å². The van der Waals surface area contributed by atoms with Gasteiger partial charge in [0.2, 0.25) is 6.79 Å². The number of ether oxygens (including phenoxy) is 2. The number of carbonyl (C=O) groups excluding carboxylic acids is 1. The standard InChI is InChI=1S/C15H21N3O3/c1-11(2)16-15(19)18-7-5-17(6-8-18)12-3-4-13-14(9-12)21-10-20-13/h3-4,9,11H,5-8,10H2,1-2H3,(H,16,19). The number of hydrogen-bond acceptors (Lipinski definition) is 4. The molecule has 0 atom stereocenters. The van der Waals surface area contributed by atoms with E-state index in [0.29, 0.717) is 6.79 Å². The number of nitrogens with zero attached hydrogens (tertiary/aromatic N) is 2. The Morgan fingerprint density at radius 1 is 1.14 bits per heavy atom. The molecule has 1 saturated heterocycles. The molecular formula is C15H21N3O3. The minimum atomic E-state index is 0.0235. The first kappa shape index (κ1) is 13.9. The average molecular weight is 291 g/mol. The zero-order valence-electron chi connectivity index (χ0n) is 12.5. The normalized spacial score (nSPS) is 17.3. The Bertz CT molecular complexity index is 525. The number of hydrogen-bond donors (Lipinski definition) is 1. The van der Waals surface area contributed by atoms with Crippen molar-refractivity contribution in [3.8, 4) is 11.5 Å². The zero-order chi connectivity index (χ0) is 14.8. The van der Waals surface area contributed by atoms with Gasteiger partial charge in [-0.2, -0.15) is 0 Å². The smallest absolute Gasteiger partial charge is 0.317 e. The number of fused-ring (bicyclic) bond motifs is 1. The number of benzene rings is 1. The highest BCUT2D eigenvalue weighted by Gasteiger charge is 2.23. The lowest BCUT2D eigenvalue weighted by atomic mass is 10.2. The van der Waals surface area contributed by atoms with Crippen LogP contribution < -0.4 is 19.7 Å². The molecule has 0 saturated carbocycles. The van der Waals surface area contributed by atoms with E-state index < -0.39 is 0 Å². The second-order valence-corrected chi connectivity index (χ2v) is 5.62. The fraction of sp³-hybridized carbons (Fsp3) is 0.533. The van der Waals surface area contributed by atoms with Gasteiger partial charge in [-0.15, -0.1) is 0 Å². The second kappa shape index (κ2) is 5.71. The Labute approximate surface area is 124 Å². The molecule has 2 amide bonds. The Morgan fingerprint density at radius 2 is 1.86 bits per heavy atom. The van der Waals surface area contributed by atoms with Crippen LogP contribution in [0.4, 0.5) is 10.5 Å². The third kappa shape index (κ3) is 2.99. The molecule has 2 aliphatic rings. The van der Waals surface area contributed by atoms with Gasteiger partial charge < -0.3 is 24.6 Å². The van der Waals surface area contributed by atoms with Gasteiger partial charge in [0, 0.05) is 44.0 Å². The number of amides is 2. The van der Waals surface area contributed by atoms with Crippen LogP contribution in [0.5, 0.6) is 11.5 Å². The van der Waals surface area contributed by atoms with Crippen molar-refractivity contribution in [2.24, 2.45) is 0 Å². The maximum atomic E-state index is 12.0. The van der Waals surface area contributed by atoms with Crippen molar-refractivity contribution in [1.29, 1.82) is 0 Å². The zero-order valence-corrected chi connectivity index (χ0v) is 12.5. The molecule has 1 aromatic carbocycles.